The third-order valence-electron chi connectivity index (χ3n) is 4.88. The van der Waals surface area contributed by atoms with Crippen molar-refractivity contribution < 1.29 is 20.1 Å². The van der Waals surface area contributed by atoms with Gasteiger partial charge in [-0.2, -0.15) is 0 Å². The van der Waals surface area contributed by atoms with Crippen LogP contribution in [0.5, 0.6) is 5.75 Å². The van der Waals surface area contributed by atoms with E-state index in [1.165, 1.54) is 22.9 Å². The molecule has 2 atom stereocenters. The van der Waals surface area contributed by atoms with Gasteiger partial charge in [0.2, 0.25) is 0 Å². The number of hydrogen-bond donors (Lipinski definition) is 4. The summed E-state index contributed by atoms with van der Waals surface area (Å²) in [5.74, 6) is 1.54. The molecule has 1 aliphatic rings. The van der Waals surface area contributed by atoms with Gasteiger partial charge in [-0.15, -0.1) is 0 Å². The second-order valence-electron chi connectivity index (χ2n) is 7.03. The van der Waals surface area contributed by atoms with Crippen LogP contribution >= 0.6 is 22.9 Å². The zero-order valence-corrected chi connectivity index (χ0v) is 18.4. The maximum absolute atomic E-state index is 9.81. The average Bonchev–Trinajstić information content (AvgIpc) is 3.27. The number of aromatic nitrogens is 3. The predicted octanol–water partition coefficient (Wildman–Crippen LogP) is 2.00. The molecule has 8 nitrogen and oxygen atoms in total. The molecule has 0 radical (unpaired) electrons. The number of pyridine rings is 2. The van der Waals surface area contributed by atoms with Gasteiger partial charge >= 0.3 is 188 Å². The monoisotopic (exact) mass is 458 g/mol. The van der Waals surface area contributed by atoms with E-state index in [4.69, 9.17) is 14.9 Å². The van der Waals surface area contributed by atoms with Crippen LogP contribution in [0.15, 0.2) is 40.5 Å². The molecule has 2 unspecified atom stereocenters. The number of ether oxygens (including phenoxy) is 1. The number of hydrogen-bond acceptors (Lipinski definition) is 9. The molecule has 11 heteroatoms. The molecule has 0 saturated heterocycles. The van der Waals surface area contributed by atoms with Crippen molar-refractivity contribution in [1.29, 1.82) is 0 Å². The van der Waals surface area contributed by atoms with E-state index in [0.29, 0.717) is 27.7 Å². The van der Waals surface area contributed by atoms with Gasteiger partial charge in [0.1, 0.15) is 0 Å². The molecule has 4 rings (SSSR count). The summed E-state index contributed by atoms with van der Waals surface area (Å²) in [5.41, 5.74) is 2.64. The Morgan fingerprint density at radius 2 is 2.29 bits per heavy atom. The fourth-order valence-corrected chi connectivity index (χ4v) is 4.80. The van der Waals surface area contributed by atoms with Crippen LogP contribution in [0, 0.1) is 0 Å². The summed E-state index contributed by atoms with van der Waals surface area (Å²) >= 11 is 2.81. The van der Waals surface area contributed by atoms with Crippen LogP contribution in [0.25, 0.3) is 0 Å². The summed E-state index contributed by atoms with van der Waals surface area (Å²) in [6.45, 7) is -0.292. The Balaban J connectivity index is 1.68. The van der Waals surface area contributed by atoms with Crippen molar-refractivity contribution in [3.05, 3.63) is 52.2 Å². The van der Waals surface area contributed by atoms with Gasteiger partial charge in [0.15, 0.2) is 0 Å². The van der Waals surface area contributed by atoms with E-state index in [9.17, 15) is 5.11 Å². The molecule has 31 heavy (non-hydrogen) atoms. The van der Waals surface area contributed by atoms with Crippen molar-refractivity contribution in [3.63, 3.8) is 0 Å². The van der Waals surface area contributed by atoms with Gasteiger partial charge in [-0.05, 0) is 0 Å². The van der Waals surface area contributed by atoms with Crippen molar-refractivity contribution >= 4 is 34.9 Å². The molecule has 0 spiro atoms. The topological polar surface area (TPSA) is 124 Å². The Morgan fingerprint density at radius 3 is 3.13 bits per heavy atom. The molecule has 0 aromatic carbocycles. The first kappa shape index (κ1) is 22.2. The van der Waals surface area contributed by atoms with Crippen LogP contribution in [-0.2, 0) is 6.42 Å². The van der Waals surface area contributed by atoms with Crippen molar-refractivity contribution in [3.8, 4) is 5.75 Å². The second kappa shape index (κ2) is 10.5. The Morgan fingerprint density at radius 1 is 1.39 bits per heavy atom. The number of aliphatic hydroxyl groups excluding tert-OH is 3. The predicted molar refractivity (Wildman–Crippen MR) is 120 cm³/mol. The number of thioether (sulfide) groups is 1. The molecule has 0 bridgehead atoms. The van der Waals surface area contributed by atoms with Gasteiger partial charge in [-0.3, -0.25) is 0 Å². The van der Waals surface area contributed by atoms with Gasteiger partial charge in [0, 0.05) is 0 Å². The number of aryl methyl sites for hydroxylation is 1. The molecule has 0 aliphatic heterocycles. The zero-order valence-electron chi connectivity index (χ0n) is 16.8. The summed E-state index contributed by atoms with van der Waals surface area (Å²) in [6.07, 6.45) is 6.93. The van der Waals surface area contributed by atoms with Crippen molar-refractivity contribution in [1.82, 2.24) is 15.0 Å². The third kappa shape index (κ3) is 5.42. The fraction of sp³-hybridized carbons (Fsp3) is 0.400. The molecule has 0 fully saturated rings. The van der Waals surface area contributed by atoms with Crippen LogP contribution in [-0.4, -0.2) is 55.4 Å². The number of aromatic amines is 1. The minimum atomic E-state index is -0.979. The van der Waals surface area contributed by atoms with E-state index in [-0.39, 0.29) is 19.3 Å². The van der Waals surface area contributed by atoms with E-state index in [0.717, 1.165) is 35.4 Å². The van der Waals surface area contributed by atoms with Crippen LogP contribution < -0.4 is 9.54 Å². The van der Waals surface area contributed by atoms with Crippen LogP contribution in [0.4, 0.5) is 5.82 Å². The van der Waals surface area contributed by atoms with Crippen molar-refractivity contribution in [2.75, 3.05) is 19.0 Å². The van der Waals surface area contributed by atoms with Crippen molar-refractivity contribution in [2.45, 2.75) is 36.4 Å². The first-order chi connectivity index (χ1) is 15.2. The quantitative estimate of drug-likeness (QED) is 0.381. The minimum absolute atomic E-state index is 0.0781. The fourth-order valence-electron chi connectivity index (χ4n) is 3.38. The number of fused-ring (bicyclic) bond motifs is 1. The summed E-state index contributed by atoms with van der Waals surface area (Å²) in [6, 6.07) is 5.87. The third-order valence-corrected chi connectivity index (χ3v) is 6.61. The molecular formula is C20H23BN4O4S2. The van der Waals surface area contributed by atoms with E-state index in [1.54, 1.807) is 18.6 Å². The number of aliphatic hydroxyl groups is 3. The van der Waals surface area contributed by atoms with Gasteiger partial charge in [-0.25, -0.2) is 0 Å². The Bertz CT molecular complexity index is 1090. The molecule has 4 N–H and O–H groups in total. The normalized spacial score (nSPS) is 17.3. The van der Waals surface area contributed by atoms with Crippen LogP contribution in [0.3, 0.4) is 0 Å². The number of rotatable bonds is 8. The zero-order chi connectivity index (χ0) is 21.6. The molecular weight excluding hydrogens is 435 g/mol. The van der Waals surface area contributed by atoms with Crippen molar-refractivity contribution in [2.24, 2.45) is 4.99 Å². The van der Waals surface area contributed by atoms with Gasteiger partial charge in [0.25, 0.3) is 0 Å². The number of nitrogens with zero attached hydrogens (tertiary/aromatic N) is 3. The molecule has 3 aromatic heterocycles. The number of H-pyrrole nitrogens is 1. The van der Waals surface area contributed by atoms with Crippen LogP contribution in [0.1, 0.15) is 41.9 Å². The van der Waals surface area contributed by atoms with E-state index in [2.05, 4.69) is 26.0 Å². The van der Waals surface area contributed by atoms with Gasteiger partial charge in [0.05, 0.1) is 0 Å². The van der Waals surface area contributed by atoms with Gasteiger partial charge < -0.3 is 0 Å². The molecule has 0 saturated carbocycles. The maximum atomic E-state index is 9.81. The van der Waals surface area contributed by atoms with Gasteiger partial charge in [-0.1, -0.05) is 0 Å². The molecule has 0 amide bonds. The number of nitrogens with one attached hydrogen (secondary N) is 1. The first-order valence-electron chi connectivity index (χ1n) is 10.0. The molecule has 162 valence electrons. The SMILES string of the molecule is OCCSc1cnc(/N=c2/[nH]c(C(O)CO)bs2)c(OC2CCCc3ncccc32)c1. The van der Waals surface area contributed by atoms with E-state index in [1.807, 2.05) is 12.1 Å². The van der Waals surface area contributed by atoms with E-state index < -0.39 is 6.10 Å². The Labute approximate surface area is 188 Å². The summed E-state index contributed by atoms with van der Waals surface area (Å²) in [4.78, 5) is 18.0. The Hall–Kier alpha value is -2.05. The Kier molecular flexibility index (Phi) is 7.51. The molecule has 1 aliphatic carbocycles. The first-order valence-corrected chi connectivity index (χ1v) is 11.9. The second-order valence-corrected chi connectivity index (χ2v) is 9.06. The average molecular weight is 458 g/mol. The van der Waals surface area contributed by atoms with Crippen LogP contribution in [0.2, 0.25) is 0 Å². The summed E-state index contributed by atoms with van der Waals surface area (Å²) in [5, 5.41) is 28.1. The summed E-state index contributed by atoms with van der Waals surface area (Å²) < 4.78 is 6.41. The molecule has 3 aromatic rings. The standard InChI is InChI=1S/C20H23BN4O4S2/c26-7-8-30-12-9-17(29-16-5-1-4-14-13(16)3-2-6-22-14)19(23-10-12)25-20-24-18(21-31-20)15(28)11-27/h2-3,6,9-10,15-16,26-28H,1,4-5,7-8,11H2,(H,23,24,25). The summed E-state index contributed by atoms with van der Waals surface area (Å²) in [7, 11) is 0. The van der Waals surface area contributed by atoms with E-state index >= 15 is 0 Å². The molecule has 3 heterocycles.